The molecule has 20 heavy (non-hydrogen) atoms. The summed E-state index contributed by atoms with van der Waals surface area (Å²) in [7, 11) is 0. The summed E-state index contributed by atoms with van der Waals surface area (Å²) in [5.74, 6) is 0. The van der Waals surface area contributed by atoms with E-state index in [2.05, 4.69) is 25.7 Å². The molecule has 1 heterocycles. The Morgan fingerprint density at radius 2 is 2.00 bits per heavy atom. The molecule has 1 N–H and O–H groups in total. The van der Waals surface area contributed by atoms with Crippen molar-refractivity contribution in [3.05, 3.63) is 35.9 Å². The van der Waals surface area contributed by atoms with E-state index in [0.717, 1.165) is 31.6 Å². The van der Waals surface area contributed by atoms with Crippen LogP contribution in [0.5, 0.6) is 0 Å². The van der Waals surface area contributed by atoms with E-state index in [4.69, 9.17) is 4.74 Å². The lowest BCUT2D eigenvalue weighted by molar-refractivity contribution is -0.0942. The molecule has 0 aromatic heterocycles. The SMILES string of the molecule is CCC1COC(C)CN1C(CC)C(O)c1ccccc1. The van der Waals surface area contributed by atoms with Crippen molar-refractivity contribution in [3.8, 4) is 0 Å². The molecule has 1 fully saturated rings. The van der Waals surface area contributed by atoms with Gasteiger partial charge in [0.15, 0.2) is 0 Å². The topological polar surface area (TPSA) is 32.7 Å². The Kier molecular flexibility index (Phi) is 5.58. The minimum Gasteiger partial charge on any atom is -0.387 e. The van der Waals surface area contributed by atoms with Crippen LogP contribution in [0.2, 0.25) is 0 Å². The first-order valence-corrected chi connectivity index (χ1v) is 7.77. The van der Waals surface area contributed by atoms with Crippen molar-refractivity contribution in [2.24, 2.45) is 0 Å². The Bertz CT molecular complexity index is 395. The molecule has 112 valence electrons. The summed E-state index contributed by atoms with van der Waals surface area (Å²) in [6, 6.07) is 10.6. The largest absolute Gasteiger partial charge is 0.387 e. The van der Waals surface area contributed by atoms with Gasteiger partial charge in [-0.05, 0) is 25.3 Å². The number of hydrogen-bond donors (Lipinski definition) is 1. The molecule has 3 nitrogen and oxygen atoms in total. The van der Waals surface area contributed by atoms with E-state index in [1.54, 1.807) is 0 Å². The van der Waals surface area contributed by atoms with Crippen LogP contribution < -0.4 is 0 Å². The number of rotatable bonds is 5. The fourth-order valence-corrected chi connectivity index (χ4v) is 3.14. The van der Waals surface area contributed by atoms with Crippen molar-refractivity contribution < 1.29 is 9.84 Å². The molecule has 1 aliphatic heterocycles. The van der Waals surface area contributed by atoms with Crippen molar-refractivity contribution >= 4 is 0 Å². The van der Waals surface area contributed by atoms with Crippen LogP contribution in [0.1, 0.15) is 45.3 Å². The quantitative estimate of drug-likeness (QED) is 0.898. The first-order valence-electron chi connectivity index (χ1n) is 7.77. The number of aliphatic hydroxyl groups excluding tert-OH is 1. The van der Waals surface area contributed by atoms with Crippen LogP contribution in [0, 0.1) is 0 Å². The first-order chi connectivity index (χ1) is 9.67. The minimum atomic E-state index is -0.430. The first kappa shape index (κ1) is 15.5. The van der Waals surface area contributed by atoms with Gasteiger partial charge in [0.1, 0.15) is 0 Å². The lowest BCUT2D eigenvalue weighted by Crippen LogP contribution is -2.54. The predicted molar refractivity (Wildman–Crippen MR) is 81.7 cm³/mol. The molecule has 0 spiro atoms. The van der Waals surface area contributed by atoms with E-state index in [-0.39, 0.29) is 12.1 Å². The molecule has 1 aromatic carbocycles. The fourth-order valence-electron chi connectivity index (χ4n) is 3.14. The standard InChI is InChI=1S/C17H27NO2/c1-4-15-12-20-13(3)11-18(15)16(5-2)17(19)14-9-7-6-8-10-14/h6-10,13,15-17,19H,4-5,11-12H2,1-3H3. The highest BCUT2D eigenvalue weighted by molar-refractivity contribution is 5.19. The van der Waals surface area contributed by atoms with Gasteiger partial charge >= 0.3 is 0 Å². The molecule has 0 amide bonds. The molecule has 1 aromatic rings. The van der Waals surface area contributed by atoms with Gasteiger partial charge in [0.05, 0.1) is 18.8 Å². The van der Waals surface area contributed by atoms with E-state index in [9.17, 15) is 5.11 Å². The van der Waals surface area contributed by atoms with Crippen LogP contribution in [0.3, 0.4) is 0 Å². The maximum atomic E-state index is 10.7. The Labute approximate surface area is 122 Å². The molecular formula is C17H27NO2. The van der Waals surface area contributed by atoms with Crippen LogP contribution in [0.25, 0.3) is 0 Å². The van der Waals surface area contributed by atoms with E-state index in [1.165, 1.54) is 0 Å². The highest BCUT2D eigenvalue weighted by Gasteiger charge is 2.34. The second kappa shape index (κ2) is 7.21. The Balaban J connectivity index is 2.17. The van der Waals surface area contributed by atoms with E-state index in [0.29, 0.717) is 6.04 Å². The number of aliphatic hydroxyl groups is 1. The van der Waals surface area contributed by atoms with Gasteiger partial charge in [-0.3, -0.25) is 4.90 Å². The predicted octanol–water partition coefficient (Wildman–Crippen LogP) is 3.00. The van der Waals surface area contributed by atoms with Gasteiger partial charge in [-0.15, -0.1) is 0 Å². The summed E-state index contributed by atoms with van der Waals surface area (Å²) in [5, 5.41) is 10.7. The molecule has 1 aliphatic rings. The zero-order valence-corrected chi connectivity index (χ0v) is 12.8. The highest BCUT2D eigenvalue weighted by Crippen LogP contribution is 2.28. The molecule has 0 aliphatic carbocycles. The summed E-state index contributed by atoms with van der Waals surface area (Å²) in [6.45, 7) is 8.14. The number of ether oxygens (including phenoxy) is 1. The highest BCUT2D eigenvalue weighted by atomic mass is 16.5. The fraction of sp³-hybridized carbons (Fsp3) is 0.647. The summed E-state index contributed by atoms with van der Waals surface area (Å²) < 4.78 is 5.77. The second-order valence-corrected chi connectivity index (χ2v) is 5.73. The zero-order chi connectivity index (χ0) is 14.5. The molecule has 4 atom stereocenters. The molecule has 0 saturated carbocycles. The number of morpholine rings is 1. The van der Waals surface area contributed by atoms with Crippen molar-refractivity contribution in [2.45, 2.75) is 57.9 Å². The van der Waals surface area contributed by atoms with Crippen molar-refractivity contribution in [1.29, 1.82) is 0 Å². The van der Waals surface area contributed by atoms with Crippen molar-refractivity contribution in [2.75, 3.05) is 13.2 Å². The number of nitrogens with zero attached hydrogens (tertiary/aromatic N) is 1. The van der Waals surface area contributed by atoms with Crippen LogP contribution in [-0.4, -0.2) is 41.3 Å². The molecular weight excluding hydrogens is 250 g/mol. The van der Waals surface area contributed by atoms with Crippen LogP contribution in [0.15, 0.2) is 30.3 Å². The van der Waals surface area contributed by atoms with E-state index < -0.39 is 6.10 Å². The molecule has 0 radical (unpaired) electrons. The molecule has 0 bridgehead atoms. The van der Waals surface area contributed by atoms with Crippen molar-refractivity contribution in [1.82, 2.24) is 4.90 Å². The normalized spacial score (nSPS) is 27.2. The molecule has 2 rings (SSSR count). The van der Waals surface area contributed by atoms with Gasteiger partial charge < -0.3 is 9.84 Å². The summed E-state index contributed by atoms with van der Waals surface area (Å²) >= 11 is 0. The Morgan fingerprint density at radius 3 is 2.60 bits per heavy atom. The van der Waals surface area contributed by atoms with Crippen molar-refractivity contribution in [3.63, 3.8) is 0 Å². The minimum absolute atomic E-state index is 0.161. The van der Waals surface area contributed by atoms with Gasteiger partial charge in [0, 0.05) is 18.6 Å². The Hall–Kier alpha value is -0.900. The molecule has 4 unspecified atom stereocenters. The maximum Gasteiger partial charge on any atom is 0.0945 e. The maximum absolute atomic E-state index is 10.7. The molecule has 1 saturated heterocycles. The smallest absolute Gasteiger partial charge is 0.0945 e. The second-order valence-electron chi connectivity index (χ2n) is 5.73. The third kappa shape index (κ3) is 3.40. The summed E-state index contributed by atoms with van der Waals surface area (Å²) in [5.41, 5.74) is 1.01. The average molecular weight is 277 g/mol. The average Bonchev–Trinajstić information content (AvgIpc) is 2.49. The van der Waals surface area contributed by atoms with Crippen LogP contribution in [-0.2, 0) is 4.74 Å². The third-order valence-corrected chi connectivity index (χ3v) is 4.33. The zero-order valence-electron chi connectivity index (χ0n) is 12.8. The summed E-state index contributed by atoms with van der Waals surface area (Å²) in [6.07, 6.45) is 1.82. The lowest BCUT2D eigenvalue weighted by atomic mass is 9.96. The Morgan fingerprint density at radius 1 is 1.30 bits per heavy atom. The lowest BCUT2D eigenvalue weighted by Gasteiger charge is -2.44. The van der Waals surface area contributed by atoms with Gasteiger partial charge in [0.2, 0.25) is 0 Å². The molecule has 3 heteroatoms. The monoisotopic (exact) mass is 277 g/mol. The van der Waals surface area contributed by atoms with Gasteiger partial charge in [-0.2, -0.15) is 0 Å². The van der Waals surface area contributed by atoms with Crippen LogP contribution in [0.4, 0.5) is 0 Å². The van der Waals surface area contributed by atoms with Crippen LogP contribution >= 0.6 is 0 Å². The van der Waals surface area contributed by atoms with Gasteiger partial charge in [-0.25, -0.2) is 0 Å². The third-order valence-electron chi connectivity index (χ3n) is 4.33. The van der Waals surface area contributed by atoms with E-state index in [1.807, 2.05) is 30.3 Å². The van der Waals surface area contributed by atoms with Gasteiger partial charge in [-0.1, -0.05) is 44.2 Å². The van der Waals surface area contributed by atoms with Gasteiger partial charge in [0.25, 0.3) is 0 Å². The number of benzene rings is 1. The van der Waals surface area contributed by atoms with E-state index >= 15 is 0 Å². The number of hydrogen-bond acceptors (Lipinski definition) is 3. The summed E-state index contributed by atoms with van der Waals surface area (Å²) in [4.78, 5) is 2.45.